The number of furan rings is 1. The third kappa shape index (κ3) is 2.76. The van der Waals surface area contributed by atoms with Crippen molar-refractivity contribution >= 4 is 10.0 Å². The second-order valence-electron chi connectivity index (χ2n) is 4.70. The van der Waals surface area contributed by atoms with E-state index in [0.717, 1.165) is 24.9 Å². The minimum absolute atomic E-state index is 0.108. The lowest BCUT2D eigenvalue weighted by Gasteiger charge is -2.08. The molecule has 1 aromatic heterocycles. The quantitative estimate of drug-likeness (QED) is 0.822. The molecule has 0 radical (unpaired) electrons. The highest BCUT2D eigenvalue weighted by atomic mass is 32.2. The topological polar surface area (TPSA) is 71.3 Å². The summed E-state index contributed by atoms with van der Waals surface area (Å²) in [7, 11) is -3.45. The fraction of sp³-hybridized carbons (Fsp3) is 0.667. The van der Waals surface area contributed by atoms with E-state index in [1.165, 1.54) is 0 Å². The van der Waals surface area contributed by atoms with Crippen LogP contribution in [0.25, 0.3) is 0 Å². The van der Waals surface area contributed by atoms with E-state index in [2.05, 4.69) is 10.0 Å². The van der Waals surface area contributed by atoms with E-state index in [1.54, 1.807) is 13.8 Å². The first kappa shape index (κ1) is 13.6. The van der Waals surface area contributed by atoms with Gasteiger partial charge in [-0.25, -0.2) is 13.1 Å². The average molecular weight is 272 g/mol. The first-order chi connectivity index (χ1) is 8.45. The lowest BCUT2D eigenvalue weighted by atomic mass is 10.2. The molecule has 1 aliphatic rings. The van der Waals surface area contributed by atoms with Crippen molar-refractivity contribution in [3.05, 3.63) is 17.1 Å². The fourth-order valence-corrected chi connectivity index (χ4v) is 3.75. The van der Waals surface area contributed by atoms with Gasteiger partial charge in [0.05, 0.1) is 0 Å². The zero-order valence-electron chi connectivity index (χ0n) is 11.0. The van der Waals surface area contributed by atoms with Crippen LogP contribution in [0.5, 0.6) is 0 Å². The monoisotopic (exact) mass is 272 g/mol. The Hall–Kier alpha value is -0.850. The maximum Gasteiger partial charge on any atom is 0.244 e. The van der Waals surface area contributed by atoms with Crippen molar-refractivity contribution in [2.75, 3.05) is 6.54 Å². The van der Waals surface area contributed by atoms with Crippen LogP contribution in [0.15, 0.2) is 9.31 Å². The molecule has 0 amide bonds. The molecule has 0 aromatic carbocycles. The molecule has 0 aliphatic heterocycles. The smallest absolute Gasteiger partial charge is 0.244 e. The maximum absolute atomic E-state index is 12.3. The maximum atomic E-state index is 12.3. The number of nitrogens with one attached hydrogen (secondary N) is 2. The molecule has 18 heavy (non-hydrogen) atoms. The Labute approximate surface area is 108 Å². The van der Waals surface area contributed by atoms with Crippen LogP contribution in [0.2, 0.25) is 0 Å². The van der Waals surface area contributed by atoms with E-state index in [-0.39, 0.29) is 6.04 Å². The normalized spacial score (nSPS) is 16.2. The Morgan fingerprint density at radius 1 is 1.28 bits per heavy atom. The van der Waals surface area contributed by atoms with E-state index in [0.29, 0.717) is 23.0 Å². The highest BCUT2D eigenvalue weighted by Crippen LogP contribution is 2.29. The summed E-state index contributed by atoms with van der Waals surface area (Å²) in [6.07, 6.45) is 1.86. The summed E-state index contributed by atoms with van der Waals surface area (Å²) < 4.78 is 32.8. The van der Waals surface area contributed by atoms with Gasteiger partial charge in [-0.2, -0.15) is 0 Å². The molecule has 2 N–H and O–H groups in total. The van der Waals surface area contributed by atoms with Crippen molar-refractivity contribution in [2.24, 2.45) is 0 Å². The molecule has 1 heterocycles. The first-order valence-corrected chi connectivity index (χ1v) is 7.76. The van der Waals surface area contributed by atoms with Gasteiger partial charge in [-0.1, -0.05) is 6.92 Å². The summed E-state index contributed by atoms with van der Waals surface area (Å²) in [6.45, 7) is 6.79. The largest absolute Gasteiger partial charge is 0.465 e. The highest BCUT2D eigenvalue weighted by Gasteiger charge is 2.32. The van der Waals surface area contributed by atoms with Gasteiger partial charge in [0, 0.05) is 18.2 Å². The van der Waals surface area contributed by atoms with Crippen molar-refractivity contribution < 1.29 is 12.8 Å². The number of rotatable bonds is 6. The molecule has 0 atom stereocenters. The van der Waals surface area contributed by atoms with Crippen LogP contribution in [0.4, 0.5) is 0 Å². The number of hydrogen-bond donors (Lipinski definition) is 2. The van der Waals surface area contributed by atoms with Crippen LogP contribution in [-0.4, -0.2) is 21.0 Å². The molecule has 1 fully saturated rings. The zero-order chi connectivity index (χ0) is 13.3. The van der Waals surface area contributed by atoms with Gasteiger partial charge < -0.3 is 9.73 Å². The van der Waals surface area contributed by atoms with Crippen LogP contribution in [0.3, 0.4) is 0 Å². The van der Waals surface area contributed by atoms with E-state index < -0.39 is 10.0 Å². The summed E-state index contributed by atoms with van der Waals surface area (Å²) in [5.74, 6) is 1.14. The van der Waals surface area contributed by atoms with Crippen LogP contribution in [-0.2, 0) is 16.6 Å². The van der Waals surface area contributed by atoms with Gasteiger partial charge in [0.25, 0.3) is 0 Å². The lowest BCUT2D eigenvalue weighted by molar-refractivity contribution is 0.493. The second-order valence-corrected chi connectivity index (χ2v) is 6.35. The molecule has 2 rings (SSSR count). The van der Waals surface area contributed by atoms with Crippen LogP contribution < -0.4 is 10.0 Å². The minimum Gasteiger partial charge on any atom is -0.465 e. The molecule has 0 bridgehead atoms. The molecular weight excluding hydrogens is 252 g/mol. The molecule has 0 saturated heterocycles. The van der Waals surface area contributed by atoms with E-state index in [4.69, 9.17) is 4.42 Å². The highest BCUT2D eigenvalue weighted by molar-refractivity contribution is 7.89. The molecule has 102 valence electrons. The third-order valence-electron chi connectivity index (χ3n) is 3.04. The summed E-state index contributed by atoms with van der Waals surface area (Å²) in [5, 5.41) is 3.15. The van der Waals surface area contributed by atoms with Crippen molar-refractivity contribution in [1.82, 2.24) is 10.0 Å². The van der Waals surface area contributed by atoms with Crippen LogP contribution >= 0.6 is 0 Å². The van der Waals surface area contributed by atoms with Gasteiger partial charge in [0.15, 0.2) is 0 Å². The summed E-state index contributed by atoms with van der Waals surface area (Å²) in [6, 6.07) is 0.108. The Kier molecular flexibility index (Phi) is 3.79. The standard InChI is InChI=1S/C12H20N2O3S/c1-4-13-7-11-8(2)17-9(3)12(11)18(15,16)14-10-5-6-10/h10,13-14H,4-7H2,1-3H3. The summed E-state index contributed by atoms with van der Waals surface area (Å²) in [4.78, 5) is 0.313. The Balaban J connectivity index is 2.35. The predicted octanol–water partition coefficient (Wildman–Crippen LogP) is 1.45. The van der Waals surface area contributed by atoms with Crippen molar-refractivity contribution in [1.29, 1.82) is 0 Å². The second kappa shape index (κ2) is 5.03. The van der Waals surface area contributed by atoms with Crippen molar-refractivity contribution in [3.63, 3.8) is 0 Å². The number of hydrogen-bond acceptors (Lipinski definition) is 4. The summed E-state index contributed by atoms with van der Waals surface area (Å²) in [5.41, 5.74) is 0.738. The Morgan fingerprint density at radius 2 is 1.94 bits per heavy atom. The fourth-order valence-electron chi connectivity index (χ4n) is 2.00. The molecule has 1 aromatic rings. The SMILES string of the molecule is CCNCc1c(C)oc(C)c1S(=O)(=O)NC1CC1. The number of aryl methyl sites for hydroxylation is 2. The van der Waals surface area contributed by atoms with Gasteiger partial charge in [0.1, 0.15) is 16.4 Å². The molecule has 0 spiro atoms. The van der Waals surface area contributed by atoms with E-state index in [9.17, 15) is 8.42 Å². The Morgan fingerprint density at radius 3 is 2.50 bits per heavy atom. The van der Waals surface area contributed by atoms with Gasteiger partial charge in [-0.3, -0.25) is 0 Å². The minimum atomic E-state index is -3.45. The average Bonchev–Trinajstić information content (AvgIpc) is 3.00. The van der Waals surface area contributed by atoms with E-state index in [1.807, 2.05) is 6.92 Å². The molecule has 1 aliphatic carbocycles. The third-order valence-corrected chi connectivity index (χ3v) is 4.76. The van der Waals surface area contributed by atoms with Gasteiger partial charge in [0.2, 0.25) is 10.0 Å². The number of sulfonamides is 1. The van der Waals surface area contributed by atoms with Gasteiger partial charge in [-0.05, 0) is 33.2 Å². The van der Waals surface area contributed by atoms with Crippen molar-refractivity contribution in [3.8, 4) is 0 Å². The van der Waals surface area contributed by atoms with Gasteiger partial charge >= 0.3 is 0 Å². The van der Waals surface area contributed by atoms with Crippen LogP contribution in [0.1, 0.15) is 36.8 Å². The van der Waals surface area contributed by atoms with Crippen LogP contribution in [0, 0.1) is 13.8 Å². The predicted molar refractivity (Wildman–Crippen MR) is 68.9 cm³/mol. The van der Waals surface area contributed by atoms with Crippen molar-refractivity contribution in [2.45, 2.75) is 51.1 Å². The van der Waals surface area contributed by atoms with E-state index >= 15 is 0 Å². The lowest BCUT2D eigenvalue weighted by Crippen LogP contribution is -2.27. The molecular formula is C12H20N2O3S. The van der Waals surface area contributed by atoms with Gasteiger partial charge in [-0.15, -0.1) is 0 Å². The molecule has 1 saturated carbocycles. The molecule has 0 unspecified atom stereocenters. The summed E-state index contributed by atoms with van der Waals surface area (Å²) >= 11 is 0. The Bertz CT molecular complexity index is 530. The molecule has 6 heteroatoms. The molecule has 5 nitrogen and oxygen atoms in total. The zero-order valence-corrected chi connectivity index (χ0v) is 11.9. The first-order valence-electron chi connectivity index (χ1n) is 6.27.